The van der Waals surface area contributed by atoms with Gasteiger partial charge in [0.2, 0.25) is 15.6 Å². The van der Waals surface area contributed by atoms with Gasteiger partial charge in [0.25, 0.3) is 5.91 Å². The number of para-hydroxylation sites is 1. The Balaban J connectivity index is 1.51. The Kier molecular flexibility index (Phi) is 5.55. The third-order valence-corrected chi connectivity index (χ3v) is 7.24. The van der Waals surface area contributed by atoms with Crippen LogP contribution in [0.3, 0.4) is 0 Å². The van der Waals surface area contributed by atoms with Crippen LogP contribution in [0.2, 0.25) is 0 Å². The third kappa shape index (κ3) is 4.13. The van der Waals surface area contributed by atoms with Crippen LogP contribution in [0.5, 0.6) is 0 Å². The third-order valence-electron chi connectivity index (χ3n) is 5.33. The van der Waals surface area contributed by atoms with E-state index in [1.807, 2.05) is 0 Å². The molecule has 2 heterocycles. The van der Waals surface area contributed by atoms with E-state index in [0.717, 1.165) is 28.6 Å². The number of aromatic nitrogens is 1. The summed E-state index contributed by atoms with van der Waals surface area (Å²) in [6.45, 7) is 0.131. The molecule has 0 aliphatic carbocycles. The minimum absolute atomic E-state index is 0.0176. The normalized spacial score (nSPS) is 15.8. The summed E-state index contributed by atoms with van der Waals surface area (Å²) in [5.41, 5.74) is -0.609. The number of carbonyl (C=O) groups excluding carboxylic acids is 1. The highest BCUT2D eigenvalue weighted by molar-refractivity contribution is 7.89. The molecule has 168 valence electrons. The van der Waals surface area contributed by atoms with Gasteiger partial charge < -0.3 is 9.88 Å². The number of carbonyl (C=O) groups is 1. The second-order valence-electron chi connectivity index (χ2n) is 7.31. The summed E-state index contributed by atoms with van der Waals surface area (Å²) in [6.07, 6.45) is -4.56. The van der Waals surface area contributed by atoms with E-state index < -0.39 is 27.3 Å². The summed E-state index contributed by atoms with van der Waals surface area (Å²) >= 11 is 0. The lowest BCUT2D eigenvalue weighted by molar-refractivity contribution is -0.137. The lowest BCUT2D eigenvalue weighted by Crippen LogP contribution is -2.50. The number of hydrogen-bond acceptors (Lipinski definition) is 4. The predicted molar refractivity (Wildman–Crippen MR) is 111 cm³/mol. The Morgan fingerprint density at radius 2 is 1.56 bits per heavy atom. The van der Waals surface area contributed by atoms with Crippen molar-refractivity contribution in [2.24, 2.45) is 0 Å². The maximum atomic E-state index is 13.0. The quantitative estimate of drug-likeness (QED) is 0.644. The highest BCUT2D eigenvalue weighted by Crippen LogP contribution is 2.30. The summed E-state index contributed by atoms with van der Waals surface area (Å²) in [7, 11) is -4.01. The number of pyridine rings is 1. The van der Waals surface area contributed by atoms with Gasteiger partial charge in [0.15, 0.2) is 0 Å². The van der Waals surface area contributed by atoms with E-state index in [4.69, 9.17) is 0 Å². The smallest absolute Gasteiger partial charge is 0.336 e. The molecular formula is C21H18F3N3O4S. The Bertz CT molecular complexity index is 1330. The average molecular weight is 465 g/mol. The molecule has 0 spiro atoms. The molecule has 0 saturated carbocycles. The summed E-state index contributed by atoms with van der Waals surface area (Å²) in [6, 6.07) is 11.4. The fourth-order valence-corrected chi connectivity index (χ4v) is 5.07. The van der Waals surface area contributed by atoms with Crippen LogP contribution in [0.25, 0.3) is 10.9 Å². The van der Waals surface area contributed by atoms with Gasteiger partial charge in [0.1, 0.15) is 0 Å². The number of H-pyrrole nitrogens is 1. The maximum absolute atomic E-state index is 13.0. The monoisotopic (exact) mass is 465 g/mol. The number of piperazine rings is 1. The van der Waals surface area contributed by atoms with Crippen molar-refractivity contribution < 1.29 is 26.4 Å². The Hall–Kier alpha value is -3.18. The molecule has 1 aliphatic rings. The fourth-order valence-electron chi connectivity index (χ4n) is 3.65. The number of halogens is 3. The number of alkyl halides is 3. The van der Waals surface area contributed by atoms with Crippen molar-refractivity contribution >= 4 is 26.8 Å². The van der Waals surface area contributed by atoms with Crippen molar-refractivity contribution in [2.75, 3.05) is 26.2 Å². The largest absolute Gasteiger partial charge is 0.416 e. The maximum Gasteiger partial charge on any atom is 0.416 e. The number of nitrogens with one attached hydrogen (secondary N) is 1. The molecular weight excluding hydrogens is 447 g/mol. The van der Waals surface area contributed by atoms with E-state index in [0.29, 0.717) is 10.9 Å². The molecule has 32 heavy (non-hydrogen) atoms. The van der Waals surface area contributed by atoms with E-state index >= 15 is 0 Å². The lowest BCUT2D eigenvalue weighted by Gasteiger charge is -2.34. The summed E-state index contributed by atoms with van der Waals surface area (Å²) in [5, 5.41) is 0.580. The molecule has 4 rings (SSSR count). The lowest BCUT2D eigenvalue weighted by atomic mass is 10.1. The number of amides is 1. The number of benzene rings is 2. The second kappa shape index (κ2) is 8.06. The highest BCUT2D eigenvalue weighted by atomic mass is 32.2. The van der Waals surface area contributed by atoms with Crippen LogP contribution in [0, 0.1) is 0 Å². The van der Waals surface area contributed by atoms with E-state index in [1.54, 1.807) is 24.3 Å². The topological polar surface area (TPSA) is 90.6 Å². The van der Waals surface area contributed by atoms with E-state index in [-0.39, 0.29) is 42.5 Å². The number of fused-ring (bicyclic) bond motifs is 1. The molecule has 3 aromatic rings. The standard InChI is InChI=1S/C21H18F3N3O4S/c22-21(23,24)14-5-7-15(8-6-14)32(30,31)27-11-9-26(10-12-27)20(29)17-13-19(28)25-18-4-2-1-3-16(17)18/h1-8,13H,9-12H2,(H,25,28). The van der Waals surface area contributed by atoms with Crippen LogP contribution in [0.15, 0.2) is 64.3 Å². The van der Waals surface area contributed by atoms with Gasteiger partial charge in [-0.3, -0.25) is 9.59 Å². The summed E-state index contributed by atoms with van der Waals surface area (Å²) in [5.74, 6) is -0.390. The molecule has 0 bridgehead atoms. The Labute approximate surface area is 181 Å². The van der Waals surface area contributed by atoms with Crippen LogP contribution in [0.4, 0.5) is 13.2 Å². The summed E-state index contributed by atoms with van der Waals surface area (Å²) < 4.78 is 65.0. The zero-order valence-electron chi connectivity index (χ0n) is 16.6. The van der Waals surface area contributed by atoms with Gasteiger partial charge in [0, 0.05) is 43.1 Å². The minimum atomic E-state index is -4.56. The highest BCUT2D eigenvalue weighted by Gasteiger charge is 2.33. The van der Waals surface area contributed by atoms with Crippen LogP contribution in [-0.4, -0.2) is 54.7 Å². The van der Waals surface area contributed by atoms with Crippen LogP contribution in [0.1, 0.15) is 15.9 Å². The van der Waals surface area contributed by atoms with Gasteiger partial charge in [-0.1, -0.05) is 18.2 Å². The van der Waals surface area contributed by atoms with Crippen molar-refractivity contribution in [3.63, 3.8) is 0 Å². The minimum Gasteiger partial charge on any atom is -0.336 e. The molecule has 0 unspecified atom stereocenters. The van der Waals surface area contributed by atoms with E-state index in [2.05, 4.69) is 4.98 Å². The molecule has 2 aromatic carbocycles. The molecule has 1 fully saturated rings. The number of sulfonamides is 1. The number of aromatic amines is 1. The van der Waals surface area contributed by atoms with Crippen LogP contribution < -0.4 is 5.56 Å². The molecule has 0 atom stereocenters. The van der Waals surface area contributed by atoms with Gasteiger partial charge in [-0.25, -0.2) is 8.42 Å². The van der Waals surface area contributed by atoms with Gasteiger partial charge in [-0.2, -0.15) is 17.5 Å². The molecule has 1 amide bonds. The van der Waals surface area contributed by atoms with Crippen molar-refractivity contribution in [3.05, 3.63) is 76.1 Å². The molecule has 1 saturated heterocycles. The average Bonchev–Trinajstić information content (AvgIpc) is 2.77. The van der Waals surface area contributed by atoms with E-state index in [9.17, 15) is 31.2 Å². The van der Waals surface area contributed by atoms with Crippen molar-refractivity contribution in [2.45, 2.75) is 11.1 Å². The van der Waals surface area contributed by atoms with E-state index in [1.165, 1.54) is 11.0 Å². The van der Waals surface area contributed by atoms with Crippen molar-refractivity contribution in [1.82, 2.24) is 14.2 Å². The molecule has 1 N–H and O–H groups in total. The Morgan fingerprint density at radius 1 is 0.938 bits per heavy atom. The first kappa shape index (κ1) is 22.0. The van der Waals surface area contributed by atoms with Gasteiger partial charge in [-0.05, 0) is 30.3 Å². The molecule has 1 aliphatic heterocycles. The first-order chi connectivity index (χ1) is 15.1. The molecule has 1 aromatic heterocycles. The van der Waals surface area contributed by atoms with Crippen molar-refractivity contribution in [1.29, 1.82) is 0 Å². The first-order valence-electron chi connectivity index (χ1n) is 9.66. The van der Waals surface area contributed by atoms with Gasteiger partial charge >= 0.3 is 6.18 Å². The van der Waals surface area contributed by atoms with Crippen molar-refractivity contribution in [3.8, 4) is 0 Å². The number of hydrogen-bond donors (Lipinski definition) is 1. The Morgan fingerprint density at radius 3 is 2.19 bits per heavy atom. The second-order valence-corrected chi connectivity index (χ2v) is 9.25. The van der Waals surface area contributed by atoms with Gasteiger partial charge in [-0.15, -0.1) is 0 Å². The number of nitrogens with zero attached hydrogens (tertiary/aromatic N) is 2. The SMILES string of the molecule is O=C(c1cc(=O)[nH]c2ccccc12)N1CCN(S(=O)(=O)c2ccc(C(F)(F)F)cc2)CC1. The molecule has 11 heteroatoms. The van der Waals surface area contributed by atoms with Crippen LogP contribution in [-0.2, 0) is 16.2 Å². The summed E-state index contributed by atoms with van der Waals surface area (Å²) in [4.78, 5) is 28.8. The molecule has 0 radical (unpaired) electrons. The first-order valence-corrected chi connectivity index (χ1v) is 11.1. The zero-order valence-corrected chi connectivity index (χ0v) is 17.4. The van der Waals surface area contributed by atoms with Crippen LogP contribution >= 0.6 is 0 Å². The predicted octanol–water partition coefficient (Wildman–Crippen LogP) is 2.69. The molecule has 7 nitrogen and oxygen atoms in total. The van der Waals surface area contributed by atoms with Gasteiger partial charge in [0.05, 0.1) is 16.0 Å². The number of rotatable bonds is 3. The zero-order chi connectivity index (χ0) is 23.1. The fraction of sp³-hybridized carbons (Fsp3) is 0.238.